The number of aliphatic hydroxyl groups is 1. The Morgan fingerprint density at radius 3 is 2.77 bits per heavy atom. The fourth-order valence-electron chi connectivity index (χ4n) is 2.69. The van der Waals surface area contributed by atoms with Crippen LogP contribution < -0.4 is 0 Å². The number of hydrogen-bond donors (Lipinski definition) is 1. The summed E-state index contributed by atoms with van der Waals surface area (Å²) in [5.74, 6) is 0.582. The third kappa shape index (κ3) is 2.34. The van der Waals surface area contributed by atoms with Gasteiger partial charge in [-0.15, -0.1) is 0 Å². The van der Waals surface area contributed by atoms with E-state index in [1.54, 1.807) is 5.57 Å². The third-order valence-electron chi connectivity index (χ3n) is 3.53. The molecule has 0 aromatic heterocycles. The predicted octanol–water partition coefficient (Wildman–Crippen LogP) is 3.04. The highest BCUT2D eigenvalue weighted by atomic mass is 16.3. The first kappa shape index (κ1) is 9.26. The molecule has 0 aliphatic heterocycles. The van der Waals surface area contributed by atoms with E-state index in [2.05, 4.69) is 6.08 Å². The van der Waals surface area contributed by atoms with Crippen LogP contribution >= 0.6 is 0 Å². The summed E-state index contributed by atoms with van der Waals surface area (Å²) in [6, 6.07) is 0. The van der Waals surface area contributed by atoms with Gasteiger partial charge in [-0.25, -0.2) is 0 Å². The number of aliphatic hydroxyl groups excluding tert-OH is 1. The molecular weight excluding hydrogens is 160 g/mol. The largest absolute Gasteiger partial charge is 0.393 e. The lowest BCUT2D eigenvalue weighted by molar-refractivity contribution is 0.0697. The fourth-order valence-corrected chi connectivity index (χ4v) is 2.69. The van der Waals surface area contributed by atoms with Crippen molar-refractivity contribution in [2.75, 3.05) is 0 Å². The smallest absolute Gasteiger partial charge is 0.0571 e. The molecule has 1 fully saturated rings. The maximum atomic E-state index is 9.80. The first-order chi connectivity index (χ1) is 6.36. The normalized spacial score (nSPS) is 34.7. The summed E-state index contributed by atoms with van der Waals surface area (Å²) in [5.41, 5.74) is 1.62. The van der Waals surface area contributed by atoms with Crippen LogP contribution in [-0.2, 0) is 0 Å². The van der Waals surface area contributed by atoms with Crippen molar-refractivity contribution in [3.05, 3.63) is 11.6 Å². The van der Waals surface area contributed by atoms with Crippen LogP contribution in [0.2, 0.25) is 0 Å². The van der Waals surface area contributed by atoms with Crippen molar-refractivity contribution in [1.82, 2.24) is 0 Å². The summed E-state index contributed by atoms with van der Waals surface area (Å²) in [4.78, 5) is 0. The van der Waals surface area contributed by atoms with Crippen molar-refractivity contribution < 1.29 is 5.11 Å². The second kappa shape index (κ2) is 4.28. The van der Waals surface area contributed by atoms with Crippen LogP contribution in [0.4, 0.5) is 0 Å². The minimum absolute atomic E-state index is 0.00440. The molecule has 2 rings (SSSR count). The quantitative estimate of drug-likeness (QED) is 0.648. The third-order valence-corrected chi connectivity index (χ3v) is 3.53. The van der Waals surface area contributed by atoms with E-state index in [0.717, 1.165) is 6.42 Å². The standard InChI is InChI=1S/C12H20O/c13-12-8-4-3-7-11(12)9-10-5-1-2-6-10/h5,11-13H,1-4,6-9H2. The topological polar surface area (TPSA) is 20.2 Å². The van der Waals surface area contributed by atoms with Crippen LogP contribution in [-0.4, -0.2) is 11.2 Å². The van der Waals surface area contributed by atoms with Crippen molar-refractivity contribution in [1.29, 1.82) is 0 Å². The van der Waals surface area contributed by atoms with Gasteiger partial charge in [-0.3, -0.25) is 0 Å². The number of hydrogen-bond acceptors (Lipinski definition) is 1. The van der Waals surface area contributed by atoms with E-state index in [9.17, 15) is 5.11 Å². The van der Waals surface area contributed by atoms with Crippen LogP contribution in [0.15, 0.2) is 11.6 Å². The van der Waals surface area contributed by atoms with Crippen molar-refractivity contribution in [3.63, 3.8) is 0 Å². The molecule has 0 aromatic carbocycles. The van der Waals surface area contributed by atoms with Gasteiger partial charge in [0, 0.05) is 0 Å². The molecule has 13 heavy (non-hydrogen) atoms. The first-order valence-electron chi connectivity index (χ1n) is 5.72. The molecule has 2 atom stereocenters. The minimum atomic E-state index is -0.00440. The molecule has 2 aliphatic carbocycles. The Balaban J connectivity index is 1.85. The predicted molar refractivity (Wildman–Crippen MR) is 54.5 cm³/mol. The van der Waals surface area contributed by atoms with Gasteiger partial charge < -0.3 is 5.11 Å². The minimum Gasteiger partial charge on any atom is -0.393 e. The zero-order chi connectivity index (χ0) is 9.10. The molecule has 0 heterocycles. The van der Waals surface area contributed by atoms with E-state index in [1.165, 1.54) is 44.9 Å². The Morgan fingerprint density at radius 1 is 1.23 bits per heavy atom. The van der Waals surface area contributed by atoms with Gasteiger partial charge in [-0.05, 0) is 44.4 Å². The van der Waals surface area contributed by atoms with E-state index in [4.69, 9.17) is 0 Å². The molecule has 1 saturated carbocycles. The Hall–Kier alpha value is -0.300. The Bertz CT molecular complexity index is 195. The summed E-state index contributed by atoms with van der Waals surface area (Å²) in [6.07, 6.45) is 12.3. The summed E-state index contributed by atoms with van der Waals surface area (Å²) in [5, 5.41) is 9.80. The molecule has 2 unspecified atom stereocenters. The van der Waals surface area contributed by atoms with Crippen LogP contribution in [0.25, 0.3) is 0 Å². The molecule has 74 valence electrons. The average molecular weight is 180 g/mol. The molecule has 0 saturated heterocycles. The maximum Gasteiger partial charge on any atom is 0.0571 e. The van der Waals surface area contributed by atoms with Gasteiger partial charge in [0.2, 0.25) is 0 Å². The van der Waals surface area contributed by atoms with Crippen molar-refractivity contribution in [3.8, 4) is 0 Å². The van der Waals surface area contributed by atoms with E-state index in [1.807, 2.05) is 0 Å². The van der Waals surface area contributed by atoms with E-state index in [-0.39, 0.29) is 6.10 Å². The lowest BCUT2D eigenvalue weighted by atomic mass is 9.82. The SMILES string of the molecule is OC1CCCCC1CC1=CCCC1. The highest BCUT2D eigenvalue weighted by Crippen LogP contribution is 2.32. The van der Waals surface area contributed by atoms with E-state index in [0.29, 0.717) is 5.92 Å². The zero-order valence-electron chi connectivity index (χ0n) is 8.34. The molecule has 1 nitrogen and oxygen atoms in total. The summed E-state index contributed by atoms with van der Waals surface area (Å²) in [6.45, 7) is 0. The second-order valence-electron chi connectivity index (χ2n) is 4.57. The summed E-state index contributed by atoms with van der Waals surface area (Å²) in [7, 11) is 0. The number of rotatable bonds is 2. The molecule has 1 N–H and O–H groups in total. The van der Waals surface area contributed by atoms with Crippen LogP contribution in [0.1, 0.15) is 51.4 Å². The Kier molecular flexibility index (Phi) is 3.05. The van der Waals surface area contributed by atoms with Gasteiger partial charge in [-0.1, -0.05) is 24.5 Å². The molecule has 0 aromatic rings. The molecular formula is C12H20O. The summed E-state index contributed by atoms with van der Waals surface area (Å²) >= 11 is 0. The van der Waals surface area contributed by atoms with Crippen molar-refractivity contribution in [2.24, 2.45) is 5.92 Å². The number of allylic oxidation sites excluding steroid dienone is 2. The molecule has 2 aliphatic rings. The highest BCUT2D eigenvalue weighted by molar-refractivity contribution is 5.08. The fraction of sp³-hybridized carbons (Fsp3) is 0.833. The van der Waals surface area contributed by atoms with Crippen LogP contribution in [0, 0.1) is 5.92 Å². The maximum absolute atomic E-state index is 9.80. The van der Waals surface area contributed by atoms with Crippen LogP contribution in [0.5, 0.6) is 0 Å². The molecule has 0 bridgehead atoms. The lowest BCUT2D eigenvalue weighted by Gasteiger charge is -2.27. The van der Waals surface area contributed by atoms with Gasteiger partial charge in [0.05, 0.1) is 6.10 Å². The molecule has 0 radical (unpaired) electrons. The van der Waals surface area contributed by atoms with Gasteiger partial charge in [0.15, 0.2) is 0 Å². The average Bonchev–Trinajstić information content (AvgIpc) is 2.61. The highest BCUT2D eigenvalue weighted by Gasteiger charge is 2.24. The Labute approximate surface area is 80.8 Å². The first-order valence-corrected chi connectivity index (χ1v) is 5.72. The monoisotopic (exact) mass is 180 g/mol. The van der Waals surface area contributed by atoms with Gasteiger partial charge in [0.1, 0.15) is 0 Å². The van der Waals surface area contributed by atoms with E-state index >= 15 is 0 Å². The van der Waals surface area contributed by atoms with Crippen molar-refractivity contribution in [2.45, 2.75) is 57.5 Å². The molecule has 0 spiro atoms. The Morgan fingerprint density at radius 2 is 2.08 bits per heavy atom. The van der Waals surface area contributed by atoms with Crippen LogP contribution in [0.3, 0.4) is 0 Å². The molecule has 0 amide bonds. The second-order valence-corrected chi connectivity index (χ2v) is 4.57. The zero-order valence-corrected chi connectivity index (χ0v) is 8.34. The van der Waals surface area contributed by atoms with Gasteiger partial charge in [-0.2, -0.15) is 0 Å². The van der Waals surface area contributed by atoms with Gasteiger partial charge in [0.25, 0.3) is 0 Å². The van der Waals surface area contributed by atoms with Crippen molar-refractivity contribution >= 4 is 0 Å². The van der Waals surface area contributed by atoms with E-state index < -0.39 is 0 Å². The summed E-state index contributed by atoms with van der Waals surface area (Å²) < 4.78 is 0. The lowest BCUT2D eigenvalue weighted by Crippen LogP contribution is -2.24. The van der Waals surface area contributed by atoms with Gasteiger partial charge >= 0.3 is 0 Å². The molecule has 1 heteroatoms.